The van der Waals surface area contributed by atoms with E-state index in [1.165, 1.54) is 0 Å². The molecular weight excluding hydrogens is 136 g/mol. The smallest absolute Gasteiger partial charge is 0.262 e. The van der Waals surface area contributed by atoms with E-state index in [1.54, 1.807) is 0 Å². The molecule has 2 N–H and O–H groups in total. The number of alkyl halides is 2. The summed E-state index contributed by atoms with van der Waals surface area (Å²) < 4.78 is 25.5. The summed E-state index contributed by atoms with van der Waals surface area (Å²) in [5.74, 6) is -2.60. The van der Waals surface area contributed by atoms with Gasteiger partial charge in [-0.2, -0.15) is 0 Å². The van der Waals surface area contributed by atoms with Crippen LogP contribution in [0.3, 0.4) is 0 Å². The van der Waals surface area contributed by atoms with Gasteiger partial charge in [-0.25, -0.2) is 8.78 Å². The molecule has 1 nitrogen and oxygen atoms in total. The summed E-state index contributed by atoms with van der Waals surface area (Å²) >= 11 is 0. The monoisotopic (exact) mass is 149 g/mol. The normalized spacial score (nSPS) is 33.3. The lowest BCUT2D eigenvalue weighted by Gasteiger charge is -2.19. The van der Waals surface area contributed by atoms with Crippen LogP contribution in [0.2, 0.25) is 0 Å². The molecule has 10 heavy (non-hydrogen) atoms. The Hall–Kier alpha value is -0.180. The van der Waals surface area contributed by atoms with Gasteiger partial charge in [-0.15, -0.1) is 0 Å². The zero-order valence-corrected chi connectivity index (χ0v) is 5.95. The van der Waals surface area contributed by atoms with Crippen LogP contribution in [0.1, 0.15) is 32.1 Å². The number of nitrogens with two attached hydrogens (primary N) is 1. The van der Waals surface area contributed by atoms with Crippen molar-refractivity contribution < 1.29 is 8.78 Å². The summed E-state index contributed by atoms with van der Waals surface area (Å²) in [7, 11) is 0. The third-order valence-corrected chi connectivity index (χ3v) is 2.07. The Bertz CT molecular complexity index is 114. The lowest BCUT2D eigenvalue weighted by atomic mass is 10.1. The second kappa shape index (κ2) is 2.82. The molecule has 1 aliphatic carbocycles. The van der Waals surface area contributed by atoms with Gasteiger partial charge in [-0.3, -0.25) is 0 Å². The van der Waals surface area contributed by atoms with Crippen molar-refractivity contribution >= 4 is 0 Å². The van der Waals surface area contributed by atoms with Crippen molar-refractivity contribution in [3.63, 3.8) is 0 Å². The van der Waals surface area contributed by atoms with Gasteiger partial charge in [0.2, 0.25) is 0 Å². The highest BCUT2D eigenvalue weighted by atomic mass is 19.3. The summed E-state index contributed by atoms with van der Waals surface area (Å²) in [6.07, 6.45) is 2.85. The van der Waals surface area contributed by atoms with Gasteiger partial charge in [-0.05, 0) is 12.8 Å². The molecule has 0 unspecified atom stereocenters. The van der Waals surface area contributed by atoms with Crippen LogP contribution < -0.4 is 5.73 Å². The number of hydrogen-bond acceptors (Lipinski definition) is 1. The topological polar surface area (TPSA) is 26.0 Å². The van der Waals surface area contributed by atoms with Gasteiger partial charge < -0.3 is 5.73 Å². The van der Waals surface area contributed by atoms with E-state index in [2.05, 4.69) is 0 Å². The van der Waals surface area contributed by atoms with Gasteiger partial charge in [0.15, 0.2) is 0 Å². The van der Waals surface area contributed by atoms with Crippen molar-refractivity contribution in [2.24, 2.45) is 5.73 Å². The molecule has 0 aromatic carbocycles. The average molecular weight is 149 g/mol. The molecule has 0 radical (unpaired) electrons. The van der Waals surface area contributed by atoms with E-state index in [4.69, 9.17) is 5.73 Å². The Labute approximate surface area is 59.6 Å². The Morgan fingerprint density at radius 2 is 1.90 bits per heavy atom. The Morgan fingerprint density at radius 1 is 1.20 bits per heavy atom. The van der Waals surface area contributed by atoms with Gasteiger partial charge in [-0.1, -0.05) is 12.8 Å². The minimum Gasteiger partial charge on any atom is -0.323 e. The average Bonchev–Trinajstić information content (AvgIpc) is 1.96. The Kier molecular flexibility index (Phi) is 2.24. The van der Waals surface area contributed by atoms with Gasteiger partial charge in [0.25, 0.3) is 5.92 Å². The Balaban J connectivity index is 2.52. The molecule has 3 heteroatoms. The summed E-state index contributed by atoms with van der Waals surface area (Å²) in [4.78, 5) is 0. The highest BCUT2D eigenvalue weighted by Gasteiger charge is 2.37. The van der Waals surface area contributed by atoms with Crippen LogP contribution >= 0.6 is 0 Å². The van der Waals surface area contributed by atoms with E-state index in [0.29, 0.717) is 12.8 Å². The van der Waals surface area contributed by atoms with Crippen LogP contribution in [0, 0.1) is 0 Å². The summed E-state index contributed by atoms with van der Waals surface area (Å²) in [5, 5.41) is 0. The van der Waals surface area contributed by atoms with Crippen molar-refractivity contribution in [3.8, 4) is 0 Å². The third kappa shape index (κ3) is 1.66. The lowest BCUT2D eigenvalue weighted by molar-refractivity contribution is -0.0308. The van der Waals surface area contributed by atoms with Crippen LogP contribution in [0.15, 0.2) is 0 Å². The van der Waals surface area contributed by atoms with E-state index < -0.39 is 12.0 Å². The van der Waals surface area contributed by atoms with Gasteiger partial charge >= 0.3 is 0 Å². The van der Waals surface area contributed by atoms with Crippen LogP contribution in [0.25, 0.3) is 0 Å². The molecule has 0 bridgehead atoms. The van der Waals surface area contributed by atoms with Crippen molar-refractivity contribution in [3.05, 3.63) is 0 Å². The summed E-state index contributed by atoms with van der Waals surface area (Å²) in [6, 6.07) is -0.894. The zero-order chi connectivity index (χ0) is 7.61. The fraction of sp³-hybridized carbons (Fsp3) is 1.00. The van der Waals surface area contributed by atoms with E-state index in [9.17, 15) is 8.78 Å². The van der Waals surface area contributed by atoms with Crippen molar-refractivity contribution in [2.75, 3.05) is 0 Å². The maximum atomic E-state index is 12.7. The first-order valence-electron chi connectivity index (χ1n) is 3.76. The number of hydrogen-bond donors (Lipinski definition) is 1. The third-order valence-electron chi connectivity index (χ3n) is 2.07. The molecule has 0 aliphatic heterocycles. The molecule has 60 valence electrons. The molecule has 1 atom stereocenters. The molecule has 0 aromatic rings. The van der Waals surface area contributed by atoms with Crippen LogP contribution in [-0.2, 0) is 0 Å². The first-order valence-corrected chi connectivity index (χ1v) is 3.76. The van der Waals surface area contributed by atoms with Gasteiger partial charge in [0.05, 0.1) is 6.04 Å². The SMILES string of the molecule is N[C@@H]1CCCCCC1(F)F. The minimum absolute atomic E-state index is 0.0197. The van der Waals surface area contributed by atoms with E-state index in [-0.39, 0.29) is 6.42 Å². The van der Waals surface area contributed by atoms with E-state index in [1.807, 2.05) is 0 Å². The predicted octanol–water partition coefficient (Wildman–Crippen LogP) is 1.91. The van der Waals surface area contributed by atoms with Crippen LogP contribution in [0.5, 0.6) is 0 Å². The fourth-order valence-electron chi connectivity index (χ4n) is 1.30. The first-order chi connectivity index (χ1) is 4.63. The molecular formula is C7H13F2N. The quantitative estimate of drug-likeness (QED) is 0.523. The predicted molar refractivity (Wildman–Crippen MR) is 36.0 cm³/mol. The van der Waals surface area contributed by atoms with Crippen molar-refractivity contribution in [2.45, 2.75) is 44.1 Å². The summed E-state index contributed by atoms with van der Waals surface area (Å²) in [5.41, 5.74) is 5.26. The molecule has 1 fully saturated rings. The lowest BCUT2D eigenvalue weighted by Crippen LogP contribution is -2.39. The highest BCUT2D eigenvalue weighted by Crippen LogP contribution is 2.30. The molecule has 1 saturated carbocycles. The van der Waals surface area contributed by atoms with Crippen LogP contribution in [-0.4, -0.2) is 12.0 Å². The second-order valence-electron chi connectivity index (χ2n) is 2.97. The second-order valence-corrected chi connectivity index (χ2v) is 2.97. The van der Waals surface area contributed by atoms with Gasteiger partial charge in [0, 0.05) is 6.42 Å². The molecule has 1 rings (SSSR count). The van der Waals surface area contributed by atoms with Crippen molar-refractivity contribution in [1.82, 2.24) is 0 Å². The summed E-state index contributed by atoms with van der Waals surface area (Å²) in [6.45, 7) is 0. The molecule has 0 spiro atoms. The molecule has 1 aliphatic rings. The molecule has 0 heterocycles. The maximum absolute atomic E-state index is 12.7. The van der Waals surface area contributed by atoms with Crippen LogP contribution in [0.4, 0.5) is 8.78 Å². The van der Waals surface area contributed by atoms with E-state index >= 15 is 0 Å². The zero-order valence-electron chi connectivity index (χ0n) is 5.95. The maximum Gasteiger partial charge on any atom is 0.262 e. The number of halogens is 2. The Morgan fingerprint density at radius 3 is 2.60 bits per heavy atom. The minimum atomic E-state index is -2.60. The van der Waals surface area contributed by atoms with Crippen molar-refractivity contribution in [1.29, 1.82) is 0 Å². The first kappa shape index (κ1) is 7.92. The molecule has 0 saturated heterocycles. The number of rotatable bonds is 0. The van der Waals surface area contributed by atoms with E-state index in [0.717, 1.165) is 12.8 Å². The molecule has 0 aromatic heterocycles. The highest BCUT2D eigenvalue weighted by molar-refractivity contribution is 4.82. The fourth-order valence-corrected chi connectivity index (χ4v) is 1.30. The van der Waals surface area contributed by atoms with Gasteiger partial charge in [0.1, 0.15) is 0 Å². The standard InChI is InChI=1S/C7H13F2N/c8-7(9)5-3-1-2-4-6(7)10/h6H,1-5,10H2/t6-/m1/s1. The largest absolute Gasteiger partial charge is 0.323 e. The molecule has 0 amide bonds.